The maximum Gasteiger partial charge on any atom is 0.194 e. The number of aromatic hydroxyl groups is 1. The molecule has 1 aliphatic rings. The SMILES string of the molecule is O=C(c1ccc(OCCC2CCCCCN2)cc1)c1c(-c2c(F)cccc2F)ccc2cc(O)ccc12. The Bertz CT molecular complexity index is 1390. The van der Waals surface area contributed by atoms with Gasteiger partial charge in [0.05, 0.1) is 12.2 Å². The van der Waals surface area contributed by atoms with Crippen molar-refractivity contribution in [1.29, 1.82) is 0 Å². The van der Waals surface area contributed by atoms with Crippen LogP contribution in [-0.4, -0.2) is 30.1 Å². The summed E-state index contributed by atoms with van der Waals surface area (Å²) in [5.41, 5.74) is 0.453. The average molecular weight is 502 g/mol. The fraction of sp³-hybridized carbons (Fsp3) is 0.258. The van der Waals surface area contributed by atoms with Gasteiger partial charge >= 0.3 is 0 Å². The van der Waals surface area contributed by atoms with E-state index in [1.165, 1.54) is 55.7 Å². The van der Waals surface area contributed by atoms with Gasteiger partial charge in [-0.25, -0.2) is 8.78 Å². The maximum absolute atomic E-state index is 14.8. The van der Waals surface area contributed by atoms with E-state index >= 15 is 0 Å². The van der Waals surface area contributed by atoms with Crippen LogP contribution in [0.1, 0.15) is 48.0 Å². The minimum atomic E-state index is -0.751. The van der Waals surface area contributed by atoms with Crippen molar-refractivity contribution in [1.82, 2.24) is 5.32 Å². The van der Waals surface area contributed by atoms with Crippen molar-refractivity contribution in [3.05, 3.63) is 95.6 Å². The van der Waals surface area contributed by atoms with Crippen LogP contribution in [0.2, 0.25) is 0 Å². The van der Waals surface area contributed by atoms with Crippen molar-refractivity contribution in [2.45, 2.75) is 38.1 Å². The van der Waals surface area contributed by atoms with Gasteiger partial charge in [0, 0.05) is 17.2 Å². The summed E-state index contributed by atoms with van der Waals surface area (Å²) in [6, 6.07) is 18.7. The van der Waals surface area contributed by atoms with Gasteiger partial charge in [-0.15, -0.1) is 0 Å². The number of phenolic OH excluding ortho intramolecular Hbond substituents is 1. The van der Waals surface area contributed by atoms with E-state index in [0.717, 1.165) is 19.4 Å². The molecule has 4 nitrogen and oxygen atoms in total. The number of nitrogens with one attached hydrogen (secondary N) is 1. The van der Waals surface area contributed by atoms with E-state index in [1.54, 1.807) is 36.4 Å². The zero-order chi connectivity index (χ0) is 25.8. The highest BCUT2D eigenvalue weighted by Crippen LogP contribution is 2.36. The van der Waals surface area contributed by atoms with E-state index in [1.807, 2.05) is 0 Å². The Morgan fingerprint density at radius 3 is 2.51 bits per heavy atom. The summed E-state index contributed by atoms with van der Waals surface area (Å²) in [6.07, 6.45) is 5.80. The average Bonchev–Trinajstić information content (AvgIpc) is 3.17. The number of phenols is 1. The first-order valence-corrected chi connectivity index (χ1v) is 12.7. The van der Waals surface area contributed by atoms with Gasteiger partial charge in [0.25, 0.3) is 0 Å². The molecule has 0 radical (unpaired) electrons. The Kier molecular flexibility index (Phi) is 7.47. The van der Waals surface area contributed by atoms with Gasteiger partial charge < -0.3 is 15.2 Å². The van der Waals surface area contributed by atoms with Crippen molar-refractivity contribution < 1.29 is 23.4 Å². The van der Waals surface area contributed by atoms with Gasteiger partial charge in [0.1, 0.15) is 23.1 Å². The van der Waals surface area contributed by atoms with E-state index in [2.05, 4.69) is 5.32 Å². The number of carbonyl (C=O) groups excluding carboxylic acids is 1. The van der Waals surface area contributed by atoms with E-state index < -0.39 is 11.6 Å². The number of ether oxygens (including phenoxy) is 1. The molecular weight excluding hydrogens is 472 g/mol. The number of halogens is 2. The molecule has 1 heterocycles. The lowest BCUT2D eigenvalue weighted by atomic mass is 9.89. The molecule has 4 aromatic rings. The third-order valence-electron chi connectivity index (χ3n) is 6.98. The van der Waals surface area contributed by atoms with Crippen LogP contribution in [0.4, 0.5) is 8.78 Å². The Morgan fingerprint density at radius 1 is 0.946 bits per heavy atom. The molecule has 1 saturated heterocycles. The molecule has 0 spiro atoms. The number of hydrogen-bond donors (Lipinski definition) is 2. The van der Waals surface area contributed by atoms with Crippen molar-refractivity contribution >= 4 is 16.6 Å². The Labute approximate surface area is 214 Å². The first-order valence-electron chi connectivity index (χ1n) is 12.7. The highest BCUT2D eigenvalue weighted by molar-refractivity contribution is 6.20. The molecule has 1 fully saturated rings. The zero-order valence-electron chi connectivity index (χ0n) is 20.5. The molecule has 1 unspecified atom stereocenters. The molecule has 2 N–H and O–H groups in total. The summed E-state index contributed by atoms with van der Waals surface area (Å²) in [4.78, 5) is 13.8. The molecule has 0 bridgehead atoms. The van der Waals surface area contributed by atoms with Gasteiger partial charge in [-0.05, 0) is 96.7 Å². The lowest BCUT2D eigenvalue weighted by molar-refractivity contribution is 0.104. The van der Waals surface area contributed by atoms with Crippen molar-refractivity contribution in [3.8, 4) is 22.6 Å². The largest absolute Gasteiger partial charge is 0.508 e. The van der Waals surface area contributed by atoms with Gasteiger partial charge in [0.15, 0.2) is 5.78 Å². The second-order valence-corrected chi connectivity index (χ2v) is 9.48. The Balaban J connectivity index is 1.43. The Hall–Kier alpha value is -3.77. The van der Waals surface area contributed by atoms with Crippen molar-refractivity contribution in [2.24, 2.45) is 0 Å². The molecule has 0 aliphatic carbocycles. The third kappa shape index (κ3) is 5.49. The fourth-order valence-electron chi connectivity index (χ4n) is 5.04. The normalized spacial score (nSPS) is 15.9. The second-order valence-electron chi connectivity index (χ2n) is 9.48. The molecule has 37 heavy (non-hydrogen) atoms. The number of ketones is 1. The Morgan fingerprint density at radius 2 is 1.73 bits per heavy atom. The number of carbonyl (C=O) groups is 1. The van der Waals surface area contributed by atoms with Crippen molar-refractivity contribution in [2.75, 3.05) is 13.2 Å². The lowest BCUT2D eigenvalue weighted by Gasteiger charge is -2.16. The minimum absolute atomic E-state index is 0.0382. The number of benzene rings is 4. The molecule has 6 heteroatoms. The molecule has 0 saturated carbocycles. The van der Waals surface area contributed by atoms with Crippen LogP contribution < -0.4 is 10.1 Å². The van der Waals surface area contributed by atoms with Crippen molar-refractivity contribution in [3.63, 3.8) is 0 Å². The maximum atomic E-state index is 14.8. The third-order valence-corrected chi connectivity index (χ3v) is 6.98. The summed E-state index contributed by atoms with van der Waals surface area (Å²) in [5, 5.41) is 14.6. The van der Waals surface area contributed by atoms with Gasteiger partial charge in [-0.1, -0.05) is 31.0 Å². The van der Waals surface area contributed by atoms with Crippen LogP contribution in [0.5, 0.6) is 11.5 Å². The van der Waals surface area contributed by atoms with E-state index in [0.29, 0.717) is 34.7 Å². The predicted octanol–water partition coefficient (Wildman–Crippen LogP) is 7.02. The van der Waals surface area contributed by atoms with E-state index in [9.17, 15) is 18.7 Å². The van der Waals surface area contributed by atoms with Gasteiger partial charge in [0.2, 0.25) is 0 Å². The summed E-state index contributed by atoms with van der Waals surface area (Å²) in [7, 11) is 0. The van der Waals surface area contributed by atoms with Crippen LogP contribution in [0.25, 0.3) is 21.9 Å². The molecule has 1 aliphatic heterocycles. The summed E-state index contributed by atoms with van der Waals surface area (Å²) in [6.45, 7) is 1.63. The topological polar surface area (TPSA) is 58.6 Å². The van der Waals surface area contributed by atoms with Crippen LogP contribution >= 0.6 is 0 Å². The standard InChI is InChI=1S/C31H29F2NO3/c32-27-6-4-7-28(33)30(27)26-14-10-21-19-23(35)11-15-25(21)29(26)31(36)20-8-12-24(13-9-20)37-18-16-22-5-2-1-3-17-34-22/h4,6-15,19,22,34-35H,1-3,5,16-18H2. The summed E-state index contributed by atoms with van der Waals surface area (Å²) >= 11 is 0. The molecule has 0 aromatic heterocycles. The molecule has 190 valence electrons. The molecule has 5 rings (SSSR count). The molecular formula is C31H29F2NO3. The summed E-state index contributed by atoms with van der Waals surface area (Å²) < 4.78 is 35.4. The minimum Gasteiger partial charge on any atom is -0.508 e. The predicted molar refractivity (Wildman–Crippen MR) is 141 cm³/mol. The molecule has 0 amide bonds. The summed E-state index contributed by atoms with van der Waals surface area (Å²) in [5.74, 6) is -1.18. The first-order chi connectivity index (χ1) is 18.0. The van der Waals surface area contributed by atoms with Crippen LogP contribution in [0, 0.1) is 11.6 Å². The van der Waals surface area contributed by atoms with Gasteiger partial charge in [-0.3, -0.25) is 4.79 Å². The quantitative estimate of drug-likeness (QED) is 0.267. The number of rotatable bonds is 7. The molecule has 4 aromatic carbocycles. The van der Waals surface area contributed by atoms with E-state index in [-0.39, 0.29) is 28.2 Å². The highest BCUT2D eigenvalue weighted by atomic mass is 19.1. The van der Waals surface area contributed by atoms with E-state index in [4.69, 9.17) is 4.74 Å². The second kappa shape index (κ2) is 11.1. The van der Waals surface area contributed by atoms with Crippen LogP contribution in [-0.2, 0) is 0 Å². The first kappa shape index (κ1) is 24.9. The van der Waals surface area contributed by atoms with Crippen LogP contribution in [0.3, 0.4) is 0 Å². The number of fused-ring (bicyclic) bond motifs is 1. The highest BCUT2D eigenvalue weighted by Gasteiger charge is 2.23. The van der Waals surface area contributed by atoms with Crippen LogP contribution in [0.15, 0.2) is 72.8 Å². The monoisotopic (exact) mass is 501 g/mol. The fourth-order valence-corrected chi connectivity index (χ4v) is 5.04. The number of hydrogen-bond acceptors (Lipinski definition) is 4. The smallest absolute Gasteiger partial charge is 0.194 e. The van der Waals surface area contributed by atoms with Gasteiger partial charge in [-0.2, -0.15) is 0 Å². The molecule has 1 atom stereocenters. The zero-order valence-corrected chi connectivity index (χ0v) is 20.5. The lowest BCUT2D eigenvalue weighted by Crippen LogP contribution is -2.29.